The van der Waals surface area contributed by atoms with Gasteiger partial charge in [0.05, 0.1) is 29.7 Å². The zero-order valence-corrected chi connectivity index (χ0v) is 14.0. The molecule has 0 saturated carbocycles. The Kier molecular flexibility index (Phi) is 4.49. The van der Waals surface area contributed by atoms with E-state index in [0.29, 0.717) is 18.2 Å². The summed E-state index contributed by atoms with van der Waals surface area (Å²) < 4.78 is 5.74. The van der Waals surface area contributed by atoms with E-state index < -0.39 is 5.54 Å². The summed E-state index contributed by atoms with van der Waals surface area (Å²) in [5.41, 5.74) is 5.82. The van der Waals surface area contributed by atoms with Gasteiger partial charge in [-0.2, -0.15) is 0 Å². The fraction of sp³-hybridized carbons (Fsp3) is 0.389. The van der Waals surface area contributed by atoms with Gasteiger partial charge in [0.25, 0.3) is 0 Å². The van der Waals surface area contributed by atoms with Gasteiger partial charge in [0.2, 0.25) is 11.8 Å². The molecule has 126 valence electrons. The highest BCUT2D eigenvalue weighted by atomic mass is 16.5. The number of ether oxygens (including phenoxy) is 1. The van der Waals surface area contributed by atoms with Crippen LogP contribution in [0.2, 0.25) is 0 Å². The maximum absolute atomic E-state index is 12.5. The van der Waals surface area contributed by atoms with Crippen molar-refractivity contribution in [1.82, 2.24) is 14.9 Å². The summed E-state index contributed by atoms with van der Waals surface area (Å²) in [4.78, 5) is 23.1. The van der Waals surface area contributed by atoms with Crippen LogP contribution in [0.25, 0.3) is 0 Å². The third-order valence-electron chi connectivity index (χ3n) is 4.00. The molecule has 6 nitrogen and oxygen atoms in total. The maximum atomic E-state index is 12.5. The van der Waals surface area contributed by atoms with Crippen LogP contribution in [-0.2, 0) is 4.79 Å². The van der Waals surface area contributed by atoms with Gasteiger partial charge in [-0.1, -0.05) is 18.2 Å². The quantitative estimate of drug-likeness (QED) is 0.934. The highest BCUT2D eigenvalue weighted by Gasteiger charge is 2.37. The molecular weight excluding hydrogens is 304 g/mol. The number of nitrogens with zero attached hydrogens (tertiary/aromatic N) is 3. The minimum Gasteiger partial charge on any atom is -0.437 e. The van der Waals surface area contributed by atoms with Crippen molar-refractivity contribution in [1.29, 1.82) is 0 Å². The topological polar surface area (TPSA) is 81.3 Å². The average Bonchev–Trinajstić information content (AvgIpc) is 3.04. The second-order valence-electron chi connectivity index (χ2n) is 6.58. The van der Waals surface area contributed by atoms with Crippen LogP contribution in [-0.4, -0.2) is 32.9 Å². The largest absolute Gasteiger partial charge is 0.437 e. The molecule has 0 bridgehead atoms. The highest BCUT2D eigenvalue weighted by Crippen LogP contribution is 2.33. The van der Waals surface area contributed by atoms with Gasteiger partial charge in [-0.15, -0.1) is 0 Å². The Hall–Kier alpha value is -2.47. The molecule has 1 saturated heterocycles. The molecule has 0 spiro atoms. The number of nitrogens with two attached hydrogens (primary N) is 1. The molecule has 1 atom stereocenters. The summed E-state index contributed by atoms with van der Waals surface area (Å²) in [7, 11) is 0. The predicted molar refractivity (Wildman–Crippen MR) is 90.5 cm³/mol. The molecule has 0 unspecified atom stereocenters. The van der Waals surface area contributed by atoms with Crippen LogP contribution in [0.3, 0.4) is 0 Å². The molecule has 6 heteroatoms. The number of carbonyl (C=O) groups is 1. The van der Waals surface area contributed by atoms with Crippen LogP contribution in [0.4, 0.5) is 0 Å². The summed E-state index contributed by atoms with van der Waals surface area (Å²) in [6, 6.07) is 9.33. The second kappa shape index (κ2) is 6.57. The van der Waals surface area contributed by atoms with Gasteiger partial charge in [-0.25, -0.2) is 4.98 Å². The van der Waals surface area contributed by atoms with E-state index in [1.54, 1.807) is 31.1 Å². The number of para-hydroxylation sites is 1. The molecule has 1 aliphatic rings. The highest BCUT2D eigenvalue weighted by molar-refractivity contribution is 5.85. The van der Waals surface area contributed by atoms with Crippen LogP contribution >= 0.6 is 0 Å². The number of benzene rings is 1. The standard InChI is InChI=1S/C18H22N4O2/c1-18(2,19)17(23)22-10-6-9-15(22)14-11-20-12-16(21-14)24-13-7-4-3-5-8-13/h3-5,7-8,11-12,15H,6,9-10,19H2,1-2H3/t15-/m1/s1. The summed E-state index contributed by atoms with van der Waals surface area (Å²) in [6.45, 7) is 4.15. The number of likely N-dealkylation sites (tertiary alicyclic amines) is 1. The molecule has 2 heterocycles. The fourth-order valence-corrected chi connectivity index (χ4v) is 2.87. The lowest BCUT2D eigenvalue weighted by atomic mass is 10.0. The first kappa shape index (κ1) is 16.4. The van der Waals surface area contributed by atoms with E-state index in [2.05, 4.69) is 9.97 Å². The Morgan fingerprint density at radius 3 is 2.75 bits per heavy atom. The third kappa shape index (κ3) is 3.54. The van der Waals surface area contributed by atoms with Crippen molar-refractivity contribution in [2.75, 3.05) is 6.54 Å². The molecule has 24 heavy (non-hydrogen) atoms. The van der Waals surface area contributed by atoms with Crippen molar-refractivity contribution in [3.8, 4) is 11.6 Å². The van der Waals surface area contributed by atoms with E-state index in [-0.39, 0.29) is 11.9 Å². The van der Waals surface area contributed by atoms with E-state index >= 15 is 0 Å². The van der Waals surface area contributed by atoms with E-state index in [4.69, 9.17) is 10.5 Å². The summed E-state index contributed by atoms with van der Waals surface area (Å²) in [5, 5.41) is 0. The number of amides is 1. The monoisotopic (exact) mass is 326 g/mol. The molecule has 1 amide bonds. The zero-order valence-electron chi connectivity index (χ0n) is 14.0. The summed E-state index contributed by atoms with van der Waals surface area (Å²) in [5.74, 6) is 1.05. The molecule has 0 aliphatic carbocycles. The van der Waals surface area contributed by atoms with E-state index in [0.717, 1.165) is 18.5 Å². The first-order valence-corrected chi connectivity index (χ1v) is 8.10. The van der Waals surface area contributed by atoms with Gasteiger partial charge in [0.15, 0.2) is 0 Å². The van der Waals surface area contributed by atoms with E-state index in [9.17, 15) is 4.79 Å². The van der Waals surface area contributed by atoms with Gasteiger partial charge in [-0.3, -0.25) is 9.78 Å². The minimum atomic E-state index is -0.895. The van der Waals surface area contributed by atoms with Crippen molar-refractivity contribution >= 4 is 5.91 Å². The Morgan fingerprint density at radius 1 is 1.29 bits per heavy atom. The second-order valence-corrected chi connectivity index (χ2v) is 6.58. The molecule has 3 rings (SSSR count). The van der Waals surface area contributed by atoms with Crippen LogP contribution in [0.5, 0.6) is 11.6 Å². The van der Waals surface area contributed by atoms with Gasteiger partial charge in [0, 0.05) is 6.54 Å². The van der Waals surface area contributed by atoms with Gasteiger partial charge < -0.3 is 15.4 Å². The van der Waals surface area contributed by atoms with Crippen LogP contribution in [0.1, 0.15) is 38.4 Å². The van der Waals surface area contributed by atoms with E-state index in [1.165, 1.54) is 0 Å². The van der Waals surface area contributed by atoms with Crippen LogP contribution in [0, 0.1) is 0 Å². The lowest BCUT2D eigenvalue weighted by molar-refractivity contribution is -0.136. The third-order valence-corrected chi connectivity index (χ3v) is 4.00. The van der Waals surface area contributed by atoms with Crippen molar-refractivity contribution in [3.63, 3.8) is 0 Å². The maximum Gasteiger partial charge on any atom is 0.242 e. The fourth-order valence-electron chi connectivity index (χ4n) is 2.87. The lowest BCUT2D eigenvalue weighted by Crippen LogP contribution is -2.50. The number of carbonyl (C=O) groups excluding carboxylic acids is 1. The molecule has 2 aromatic rings. The van der Waals surface area contributed by atoms with Crippen LogP contribution < -0.4 is 10.5 Å². The SMILES string of the molecule is CC(C)(N)C(=O)N1CCC[C@@H]1c1cncc(Oc2ccccc2)n1. The molecule has 1 fully saturated rings. The summed E-state index contributed by atoms with van der Waals surface area (Å²) in [6.07, 6.45) is 5.05. The smallest absolute Gasteiger partial charge is 0.242 e. The Balaban J connectivity index is 1.81. The molecule has 1 aromatic heterocycles. The summed E-state index contributed by atoms with van der Waals surface area (Å²) >= 11 is 0. The lowest BCUT2D eigenvalue weighted by Gasteiger charge is -2.30. The number of aromatic nitrogens is 2. The average molecular weight is 326 g/mol. The van der Waals surface area contributed by atoms with Gasteiger partial charge in [-0.05, 0) is 38.8 Å². The molecular formula is C18H22N4O2. The minimum absolute atomic E-state index is 0.0684. The van der Waals surface area contributed by atoms with E-state index in [1.807, 2.05) is 30.3 Å². The zero-order chi connectivity index (χ0) is 17.2. The Morgan fingerprint density at radius 2 is 2.04 bits per heavy atom. The van der Waals surface area contributed by atoms with Crippen molar-refractivity contribution in [3.05, 3.63) is 48.4 Å². The van der Waals surface area contributed by atoms with Crippen molar-refractivity contribution < 1.29 is 9.53 Å². The normalized spacial score (nSPS) is 17.8. The number of hydrogen-bond donors (Lipinski definition) is 1. The number of rotatable bonds is 4. The first-order valence-electron chi connectivity index (χ1n) is 8.10. The Labute approximate surface area is 141 Å². The molecule has 0 radical (unpaired) electrons. The molecule has 1 aliphatic heterocycles. The first-order chi connectivity index (χ1) is 11.4. The predicted octanol–water partition coefficient (Wildman–Crippen LogP) is 2.67. The van der Waals surface area contributed by atoms with Gasteiger partial charge >= 0.3 is 0 Å². The van der Waals surface area contributed by atoms with Crippen LogP contribution in [0.15, 0.2) is 42.7 Å². The Bertz CT molecular complexity index is 712. The van der Waals surface area contributed by atoms with Gasteiger partial charge in [0.1, 0.15) is 5.75 Å². The van der Waals surface area contributed by atoms with Crippen molar-refractivity contribution in [2.24, 2.45) is 5.73 Å². The molecule has 1 aromatic carbocycles. The number of hydrogen-bond acceptors (Lipinski definition) is 5. The van der Waals surface area contributed by atoms with Crippen molar-refractivity contribution in [2.45, 2.75) is 38.3 Å². The molecule has 2 N–H and O–H groups in total.